The number of aromatic hydroxyl groups is 1. The predicted molar refractivity (Wildman–Crippen MR) is 169 cm³/mol. The molecular weight excluding hydrogens is 576 g/mol. The second-order valence-corrected chi connectivity index (χ2v) is 13.6. The lowest BCUT2D eigenvalue weighted by Gasteiger charge is -2.40. The number of nitrogens with one attached hydrogen (secondary N) is 1. The number of hydrogen-bond acceptors (Lipinski definition) is 8. The zero-order valence-corrected chi connectivity index (χ0v) is 25.4. The van der Waals surface area contributed by atoms with Crippen LogP contribution in [0.2, 0.25) is 0 Å². The lowest BCUT2D eigenvalue weighted by molar-refractivity contribution is 0.107. The SMILES string of the molecule is CCc1cccc2cc(O)cc(-c3cc4c5c(nc(OC[C@@]67CCCN6C[C@H](F)C7)nc5c3F)N3C[C@@H]5CC[C@@H](N5)[C@H]3CO4)c12. The van der Waals surface area contributed by atoms with Crippen molar-refractivity contribution in [1.29, 1.82) is 0 Å². The number of ether oxygens (including phenoxy) is 2. The van der Waals surface area contributed by atoms with Crippen LogP contribution in [0.1, 0.15) is 44.6 Å². The Hall–Kier alpha value is -3.76. The molecule has 0 amide bonds. The van der Waals surface area contributed by atoms with Crippen LogP contribution < -0.4 is 19.7 Å². The number of anilines is 1. The summed E-state index contributed by atoms with van der Waals surface area (Å²) in [4.78, 5) is 14.1. The highest BCUT2D eigenvalue weighted by atomic mass is 19.1. The highest BCUT2D eigenvalue weighted by Gasteiger charge is 2.50. The number of fused-ring (bicyclic) bond motifs is 7. The number of phenols is 1. The van der Waals surface area contributed by atoms with Gasteiger partial charge in [0.15, 0.2) is 5.82 Å². The van der Waals surface area contributed by atoms with Crippen LogP contribution >= 0.6 is 0 Å². The van der Waals surface area contributed by atoms with Crippen molar-refractivity contribution in [2.75, 3.05) is 37.7 Å². The van der Waals surface area contributed by atoms with Crippen LogP contribution in [0.5, 0.6) is 17.5 Å². The van der Waals surface area contributed by atoms with Crippen LogP contribution in [0, 0.1) is 5.82 Å². The van der Waals surface area contributed by atoms with Crippen molar-refractivity contribution >= 4 is 27.5 Å². The van der Waals surface area contributed by atoms with Crippen molar-refractivity contribution < 1.29 is 23.4 Å². The van der Waals surface area contributed by atoms with Crippen molar-refractivity contribution in [3.05, 3.63) is 47.8 Å². The van der Waals surface area contributed by atoms with Crippen molar-refractivity contribution in [2.24, 2.45) is 0 Å². The van der Waals surface area contributed by atoms with E-state index in [1.807, 2.05) is 18.2 Å². The maximum atomic E-state index is 17.1. The highest BCUT2D eigenvalue weighted by molar-refractivity contribution is 6.05. The highest BCUT2D eigenvalue weighted by Crippen LogP contribution is 2.47. The molecule has 0 unspecified atom stereocenters. The number of nitrogens with zero attached hydrogens (tertiary/aromatic N) is 4. The number of rotatable bonds is 5. The zero-order valence-electron chi connectivity index (χ0n) is 25.4. The first-order valence-corrected chi connectivity index (χ1v) is 16.4. The Morgan fingerprint density at radius 1 is 1.13 bits per heavy atom. The summed E-state index contributed by atoms with van der Waals surface area (Å²) in [6.07, 6.45) is 4.28. The fourth-order valence-corrected chi connectivity index (χ4v) is 8.95. The maximum absolute atomic E-state index is 17.1. The number of halogens is 2. The van der Waals surface area contributed by atoms with E-state index in [1.54, 1.807) is 18.2 Å². The van der Waals surface area contributed by atoms with Gasteiger partial charge in [-0.2, -0.15) is 9.97 Å². The number of piperazine rings is 1. The van der Waals surface area contributed by atoms with Crippen LogP contribution in [0.4, 0.5) is 14.6 Å². The molecule has 8 nitrogen and oxygen atoms in total. The Morgan fingerprint density at radius 3 is 2.93 bits per heavy atom. The van der Waals surface area contributed by atoms with E-state index in [1.165, 1.54) is 0 Å². The Kier molecular flexibility index (Phi) is 6.20. The molecule has 234 valence electrons. The van der Waals surface area contributed by atoms with Gasteiger partial charge in [-0.3, -0.25) is 4.90 Å². The minimum Gasteiger partial charge on any atom is -0.508 e. The summed E-state index contributed by atoms with van der Waals surface area (Å²) in [5.41, 5.74) is 1.71. The average molecular weight is 614 g/mol. The standard InChI is InChI=1S/C35H37F2N5O3/c1-2-19-5-3-6-20-11-23(43)12-24(29(19)20)25-13-28-30-32(31(25)37)39-34(45-18-35-9-4-10-41(35)15-21(36)14-35)40-33(30)42-16-22-7-8-26(38-22)27(42)17-44-28/h3,5-6,11-13,21-22,26-27,38,43H,2,4,7-10,14-18H2,1H3/t21-,22+,26-,27-,35+/m1/s1. The minimum absolute atomic E-state index is 0.0213. The first-order valence-electron chi connectivity index (χ1n) is 16.4. The van der Waals surface area contributed by atoms with Gasteiger partial charge in [-0.25, -0.2) is 8.78 Å². The van der Waals surface area contributed by atoms with Crippen molar-refractivity contribution in [3.8, 4) is 28.6 Å². The molecule has 45 heavy (non-hydrogen) atoms. The Balaban J connectivity index is 1.24. The van der Waals surface area contributed by atoms with E-state index in [4.69, 9.17) is 19.4 Å². The maximum Gasteiger partial charge on any atom is 0.319 e. The molecule has 1 aromatic heterocycles. The van der Waals surface area contributed by atoms with E-state index in [2.05, 4.69) is 22.0 Å². The molecule has 10 heteroatoms. The number of aryl methyl sites for hydroxylation is 1. The third kappa shape index (κ3) is 4.21. The molecule has 2 bridgehead atoms. The Bertz CT molecular complexity index is 1850. The minimum atomic E-state index is -0.877. The smallest absolute Gasteiger partial charge is 0.319 e. The zero-order chi connectivity index (χ0) is 30.4. The van der Waals surface area contributed by atoms with Gasteiger partial charge in [0, 0.05) is 37.2 Å². The molecule has 9 rings (SSSR count). The molecule has 5 atom stereocenters. The number of benzene rings is 3. The van der Waals surface area contributed by atoms with E-state index >= 15 is 4.39 Å². The Morgan fingerprint density at radius 2 is 2.04 bits per heavy atom. The van der Waals surface area contributed by atoms with Gasteiger partial charge in [0.05, 0.1) is 17.0 Å². The number of phenolic OH excluding ortho intramolecular Hbond substituents is 1. The molecule has 4 fully saturated rings. The summed E-state index contributed by atoms with van der Waals surface area (Å²) in [7, 11) is 0. The van der Waals surface area contributed by atoms with Gasteiger partial charge in [-0.05, 0) is 78.7 Å². The van der Waals surface area contributed by atoms with Crippen molar-refractivity contribution in [1.82, 2.24) is 20.2 Å². The molecule has 0 saturated carbocycles. The molecule has 5 aliphatic rings. The second-order valence-electron chi connectivity index (χ2n) is 13.6. The summed E-state index contributed by atoms with van der Waals surface area (Å²) in [5, 5.41) is 16.7. The summed E-state index contributed by atoms with van der Waals surface area (Å²) in [6, 6.07) is 11.7. The second kappa shape index (κ2) is 10.1. The van der Waals surface area contributed by atoms with Crippen LogP contribution in [-0.4, -0.2) is 82.7 Å². The van der Waals surface area contributed by atoms with Gasteiger partial charge >= 0.3 is 6.01 Å². The third-order valence-electron chi connectivity index (χ3n) is 11.0. The van der Waals surface area contributed by atoms with Crippen LogP contribution in [0.15, 0.2) is 36.4 Å². The summed E-state index contributed by atoms with van der Waals surface area (Å²) in [5.74, 6) is 0.703. The van der Waals surface area contributed by atoms with Gasteiger partial charge in [0.2, 0.25) is 0 Å². The number of aromatic nitrogens is 2. The fraction of sp³-hybridized carbons (Fsp3) is 0.486. The largest absolute Gasteiger partial charge is 0.508 e. The number of alkyl halides is 1. The molecule has 0 aliphatic carbocycles. The van der Waals surface area contributed by atoms with Gasteiger partial charge in [-0.15, -0.1) is 0 Å². The van der Waals surface area contributed by atoms with E-state index in [0.29, 0.717) is 53.7 Å². The molecule has 0 radical (unpaired) electrons. The monoisotopic (exact) mass is 613 g/mol. The molecular formula is C35H37F2N5O3. The molecule has 4 saturated heterocycles. The summed E-state index contributed by atoms with van der Waals surface area (Å²) >= 11 is 0. The first-order chi connectivity index (χ1) is 21.9. The van der Waals surface area contributed by atoms with Crippen LogP contribution in [0.25, 0.3) is 32.8 Å². The average Bonchev–Trinajstić information content (AvgIpc) is 3.67. The summed E-state index contributed by atoms with van der Waals surface area (Å²) in [6.45, 7) is 4.77. The number of hydrogen-bond donors (Lipinski definition) is 2. The van der Waals surface area contributed by atoms with E-state index < -0.39 is 12.0 Å². The molecule has 0 spiro atoms. The quantitative estimate of drug-likeness (QED) is 0.305. The van der Waals surface area contributed by atoms with Crippen molar-refractivity contribution in [2.45, 2.75) is 75.3 Å². The molecule has 6 heterocycles. The fourth-order valence-electron chi connectivity index (χ4n) is 8.95. The van der Waals surface area contributed by atoms with Crippen LogP contribution in [0.3, 0.4) is 0 Å². The van der Waals surface area contributed by atoms with Gasteiger partial charge in [0.1, 0.15) is 42.2 Å². The van der Waals surface area contributed by atoms with Crippen LogP contribution in [-0.2, 0) is 6.42 Å². The Labute approximate surface area is 260 Å². The lowest BCUT2D eigenvalue weighted by Crippen LogP contribution is -2.60. The topological polar surface area (TPSA) is 83.0 Å². The third-order valence-corrected chi connectivity index (χ3v) is 11.0. The van der Waals surface area contributed by atoms with Gasteiger partial charge < -0.3 is 24.8 Å². The van der Waals surface area contributed by atoms with Gasteiger partial charge in [0.25, 0.3) is 0 Å². The molecule has 5 aliphatic heterocycles. The van der Waals surface area contributed by atoms with Crippen molar-refractivity contribution in [3.63, 3.8) is 0 Å². The van der Waals surface area contributed by atoms with Gasteiger partial charge in [-0.1, -0.05) is 25.1 Å². The molecule has 2 N–H and O–H groups in total. The van der Waals surface area contributed by atoms with E-state index in [-0.39, 0.29) is 41.5 Å². The molecule has 4 aromatic rings. The predicted octanol–water partition coefficient (Wildman–Crippen LogP) is 5.51. The van der Waals surface area contributed by atoms with E-state index in [9.17, 15) is 9.50 Å². The van der Waals surface area contributed by atoms with E-state index in [0.717, 1.165) is 61.5 Å². The lowest BCUT2D eigenvalue weighted by atomic mass is 9.92. The summed E-state index contributed by atoms with van der Waals surface area (Å²) < 4.78 is 44.5. The normalized spacial score (nSPS) is 28.7. The first kappa shape index (κ1) is 27.5. The molecule has 3 aromatic carbocycles.